The molecular formula is C29H34ClF3N4O5. The van der Waals surface area contributed by atoms with Crippen molar-refractivity contribution in [3.05, 3.63) is 64.9 Å². The summed E-state index contributed by atoms with van der Waals surface area (Å²) in [5, 5.41) is 2.73. The minimum atomic E-state index is -2.90. The van der Waals surface area contributed by atoms with E-state index in [0.717, 1.165) is 11.0 Å². The van der Waals surface area contributed by atoms with Gasteiger partial charge < -0.3 is 19.7 Å². The number of carbonyl (C=O) groups excluding carboxylic acids is 3. The van der Waals surface area contributed by atoms with Crippen molar-refractivity contribution in [3.8, 4) is 0 Å². The van der Waals surface area contributed by atoms with Crippen LogP contribution < -0.4 is 10.2 Å². The number of ether oxygens (including phenoxy) is 2. The number of anilines is 1. The molecule has 1 aliphatic heterocycles. The molecule has 3 amide bonds. The number of likely N-dealkylation sites (N-methyl/N-ethyl adjacent to an activating group) is 1. The molecule has 0 spiro atoms. The maximum Gasteiger partial charge on any atom is 0.410 e. The van der Waals surface area contributed by atoms with Crippen molar-refractivity contribution in [1.82, 2.24) is 15.1 Å². The number of amides is 3. The Balaban J connectivity index is 1.75. The van der Waals surface area contributed by atoms with Crippen LogP contribution in [-0.2, 0) is 19.1 Å². The van der Waals surface area contributed by atoms with Crippen molar-refractivity contribution >= 4 is 35.2 Å². The largest absolute Gasteiger partial charge is 0.453 e. The van der Waals surface area contributed by atoms with E-state index in [2.05, 4.69) is 5.32 Å². The quantitative estimate of drug-likeness (QED) is 0.433. The van der Waals surface area contributed by atoms with Gasteiger partial charge in [0, 0.05) is 48.1 Å². The van der Waals surface area contributed by atoms with Crippen LogP contribution in [-0.4, -0.2) is 92.7 Å². The standard InChI is InChI=1S/C29H34ClF3N4O5/c1-35(2)11-12-42-21-14-24(36(17-21)28(40)41-3)27(39)37(20-8-6-7-18(31)13-20)25(22-9-4-5-10-23(22)30)26(38)34-19-15-29(32,33)16-19/h4-10,13,19,21,24-25H,11-12,14-17H2,1-3H3,(H,34,38)/t21-,24+,25+/m1/s1. The van der Waals surface area contributed by atoms with Gasteiger partial charge in [0.15, 0.2) is 0 Å². The summed E-state index contributed by atoms with van der Waals surface area (Å²) in [5.74, 6) is -5.07. The molecule has 0 bridgehead atoms. The highest BCUT2D eigenvalue weighted by Gasteiger charge is 2.49. The Morgan fingerprint density at radius 3 is 2.48 bits per heavy atom. The number of benzene rings is 2. The average Bonchev–Trinajstić information content (AvgIpc) is 3.34. The molecular weight excluding hydrogens is 577 g/mol. The van der Waals surface area contributed by atoms with Crippen molar-refractivity contribution in [3.63, 3.8) is 0 Å². The zero-order valence-corrected chi connectivity index (χ0v) is 24.3. The number of halogens is 4. The first-order chi connectivity index (χ1) is 19.9. The van der Waals surface area contributed by atoms with Crippen LogP contribution in [0.25, 0.3) is 0 Å². The number of nitrogens with one attached hydrogen (secondary N) is 1. The van der Waals surface area contributed by atoms with Crippen LogP contribution in [0, 0.1) is 5.82 Å². The number of carbonyl (C=O) groups is 3. The Morgan fingerprint density at radius 1 is 1.14 bits per heavy atom. The second kappa shape index (κ2) is 13.3. The predicted molar refractivity (Wildman–Crippen MR) is 150 cm³/mol. The first kappa shape index (κ1) is 31.6. The molecule has 1 saturated carbocycles. The van der Waals surface area contributed by atoms with Gasteiger partial charge in [-0.25, -0.2) is 18.0 Å². The Bertz CT molecular complexity index is 1290. The monoisotopic (exact) mass is 610 g/mol. The van der Waals surface area contributed by atoms with Gasteiger partial charge in [-0.2, -0.15) is 0 Å². The van der Waals surface area contributed by atoms with Crippen LogP contribution >= 0.6 is 11.6 Å². The van der Waals surface area contributed by atoms with Crippen molar-refractivity contribution in [2.24, 2.45) is 0 Å². The topological polar surface area (TPSA) is 91.4 Å². The van der Waals surface area contributed by atoms with Crippen molar-refractivity contribution in [2.75, 3.05) is 45.8 Å². The van der Waals surface area contributed by atoms with E-state index in [-0.39, 0.29) is 29.2 Å². The number of alkyl halides is 2. The van der Waals surface area contributed by atoms with E-state index in [1.165, 1.54) is 42.3 Å². The predicted octanol–water partition coefficient (Wildman–Crippen LogP) is 4.25. The zero-order chi connectivity index (χ0) is 30.6. The molecule has 2 fully saturated rings. The van der Waals surface area contributed by atoms with Gasteiger partial charge in [-0.1, -0.05) is 35.9 Å². The third kappa shape index (κ3) is 7.34. The Hall–Kier alpha value is -3.35. The molecule has 1 heterocycles. The summed E-state index contributed by atoms with van der Waals surface area (Å²) in [6.45, 7) is 1.00. The van der Waals surface area contributed by atoms with E-state index >= 15 is 0 Å². The van der Waals surface area contributed by atoms with Crippen LogP contribution in [0.1, 0.15) is 30.9 Å². The van der Waals surface area contributed by atoms with Crippen LogP contribution in [0.4, 0.5) is 23.7 Å². The SMILES string of the molecule is COC(=O)N1C[C@H](OCCN(C)C)C[C@H]1C(=O)N(c1cccc(F)c1)[C@H](C(=O)NC1CC(F)(F)C1)c1ccccc1Cl. The normalized spacial score (nSPS) is 20.6. The lowest BCUT2D eigenvalue weighted by molar-refractivity contribution is -0.133. The molecule has 4 rings (SSSR count). The maximum absolute atomic E-state index is 14.5. The highest BCUT2D eigenvalue weighted by molar-refractivity contribution is 6.31. The second-order valence-electron chi connectivity index (χ2n) is 10.8. The van der Waals surface area contributed by atoms with Gasteiger partial charge in [0.2, 0.25) is 5.91 Å². The van der Waals surface area contributed by atoms with Gasteiger partial charge >= 0.3 is 6.09 Å². The van der Waals surface area contributed by atoms with Crippen molar-refractivity contribution < 1.29 is 37.0 Å². The van der Waals surface area contributed by atoms with Gasteiger partial charge in [-0.15, -0.1) is 0 Å². The summed E-state index contributed by atoms with van der Waals surface area (Å²) in [6, 6.07) is 7.92. The number of nitrogens with zero attached hydrogens (tertiary/aromatic N) is 3. The highest BCUT2D eigenvalue weighted by Crippen LogP contribution is 2.39. The van der Waals surface area contributed by atoms with Gasteiger partial charge in [-0.05, 0) is 38.4 Å². The summed E-state index contributed by atoms with van der Waals surface area (Å²) in [6.07, 6.45) is -2.31. The van der Waals surface area contributed by atoms with E-state index < -0.39 is 66.7 Å². The van der Waals surface area contributed by atoms with Crippen molar-refractivity contribution in [2.45, 2.75) is 49.4 Å². The fraction of sp³-hybridized carbons (Fsp3) is 0.483. The Morgan fingerprint density at radius 2 is 1.86 bits per heavy atom. The summed E-state index contributed by atoms with van der Waals surface area (Å²) in [5.41, 5.74) is 0.211. The molecule has 1 saturated heterocycles. The van der Waals surface area contributed by atoms with E-state index in [1.807, 2.05) is 19.0 Å². The molecule has 1 aliphatic carbocycles. The molecule has 2 aliphatic rings. The minimum Gasteiger partial charge on any atom is -0.453 e. The molecule has 0 aromatic heterocycles. The summed E-state index contributed by atoms with van der Waals surface area (Å²) in [7, 11) is 4.95. The molecule has 0 unspecified atom stereocenters. The third-order valence-electron chi connectivity index (χ3n) is 7.32. The van der Waals surface area contributed by atoms with Gasteiger partial charge in [-0.3, -0.25) is 19.4 Å². The fourth-order valence-electron chi connectivity index (χ4n) is 5.20. The molecule has 9 nitrogen and oxygen atoms in total. The molecule has 42 heavy (non-hydrogen) atoms. The summed E-state index contributed by atoms with van der Waals surface area (Å²) in [4.78, 5) is 45.3. The number of methoxy groups -OCH3 is 1. The smallest absolute Gasteiger partial charge is 0.410 e. The number of hydrogen-bond donors (Lipinski definition) is 1. The Kier molecular flexibility index (Phi) is 10.0. The molecule has 0 radical (unpaired) electrons. The zero-order valence-electron chi connectivity index (χ0n) is 23.6. The number of hydrogen-bond acceptors (Lipinski definition) is 6. The molecule has 3 atom stereocenters. The first-order valence-electron chi connectivity index (χ1n) is 13.5. The molecule has 228 valence electrons. The minimum absolute atomic E-state index is 0.0146. The summed E-state index contributed by atoms with van der Waals surface area (Å²) >= 11 is 6.51. The van der Waals surface area contributed by atoms with Gasteiger partial charge in [0.25, 0.3) is 11.8 Å². The average molecular weight is 611 g/mol. The lowest BCUT2D eigenvalue weighted by Gasteiger charge is -2.39. The van der Waals surface area contributed by atoms with Gasteiger partial charge in [0.05, 0.1) is 26.4 Å². The lowest BCUT2D eigenvalue weighted by Crippen LogP contribution is -2.56. The highest BCUT2D eigenvalue weighted by atomic mass is 35.5. The van der Waals surface area contributed by atoms with Crippen molar-refractivity contribution in [1.29, 1.82) is 0 Å². The number of likely N-dealkylation sites (tertiary alicyclic amines) is 1. The van der Waals surface area contributed by atoms with E-state index in [1.54, 1.807) is 12.1 Å². The second-order valence-corrected chi connectivity index (χ2v) is 11.2. The number of rotatable bonds is 10. The van der Waals surface area contributed by atoms with E-state index in [9.17, 15) is 27.6 Å². The van der Waals surface area contributed by atoms with E-state index in [0.29, 0.717) is 13.2 Å². The van der Waals surface area contributed by atoms with Crippen LogP contribution in [0.3, 0.4) is 0 Å². The molecule has 2 aromatic rings. The van der Waals surface area contributed by atoms with E-state index in [4.69, 9.17) is 21.1 Å². The molecule has 2 aromatic carbocycles. The molecule has 1 N–H and O–H groups in total. The lowest BCUT2D eigenvalue weighted by atomic mass is 9.87. The van der Waals surface area contributed by atoms with Crippen LogP contribution in [0.15, 0.2) is 48.5 Å². The van der Waals surface area contributed by atoms with Gasteiger partial charge in [0.1, 0.15) is 17.9 Å². The third-order valence-corrected chi connectivity index (χ3v) is 7.66. The molecule has 13 heteroatoms. The Labute approximate surface area is 247 Å². The fourth-order valence-corrected chi connectivity index (χ4v) is 5.44. The van der Waals surface area contributed by atoms with Crippen LogP contribution in [0.5, 0.6) is 0 Å². The maximum atomic E-state index is 14.5. The van der Waals surface area contributed by atoms with Crippen LogP contribution in [0.2, 0.25) is 5.02 Å². The first-order valence-corrected chi connectivity index (χ1v) is 13.9. The summed E-state index contributed by atoms with van der Waals surface area (Å²) < 4.78 is 52.6.